The predicted molar refractivity (Wildman–Crippen MR) is 76.3 cm³/mol. The van der Waals surface area contributed by atoms with Gasteiger partial charge in [-0.3, -0.25) is 4.79 Å². The van der Waals surface area contributed by atoms with E-state index in [9.17, 15) is 4.79 Å². The number of rotatable bonds is 3. The second-order valence-corrected chi connectivity index (χ2v) is 7.39. The molecule has 1 aliphatic heterocycles. The second-order valence-electron chi connectivity index (χ2n) is 7.39. The van der Waals surface area contributed by atoms with E-state index in [1.165, 1.54) is 0 Å². The number of esters is 1. The molecule has 1 aliphatic carbocycles. The summed E-state index contributed by atoms with van der Waals surface area (Å²) in [5, 5.41) is 0. The summed E-state index contributed by atoms with van der Waals surface area (Å²) in [6, 6.07) is -0.0838. The normalized spacial score (nSPS) is 38.3. The minimum absolute atomic E-state index is 0.0300. The highest BCUT2D eigenvalue weighted by Gasteiger charge is 2.59. The van der Waals surface area contributed by atoms with Gasteiger partial charge in [0.25, 0.3) is 0 Å². The standard InChI is InChI=1S/C15H27NO5/c1-8-9(16-18-7)11-12(21-15(5,6)20-11)10(8)19-13(17)14(2,3)4/h8-12,16H,1-7H3/t8-,9-,10+,11+,12-/m1/s1. The van der Waals surface area contributed by atoms with Gasteiger partial charge in [-0.1, -0.05) is 6.92 Å². The van der Waals surface area contributed by atoms with Gasteiger partial charge >= 0.3 is 5.97 Å². The van der Waals surface area contributed by atoms with Gasteiger partial charge in [0, 0.05) is 5.92 Å². The Bertz CT molecular complexity index is 403. The lowest BCUT2D eigenvalue weighted by Crippen LogP contribution is -2.43. The molecule has 0 aromatic heterocycles. The number of ether oxygens (including phenoxy) is 3. The Labute approximate surface area is 126 Å². The van der Waals surface area contributed by atoms with Gasteiger partial charge < -0.3 is 19.0 Å². The minimum atomic E-state index is -0.685. The molecule has 2 fully saturated rings. The summed E-state index contributed by atoms with van der Waals surface area (Å²) < 4.78 is 17.6. The lowest BCUT2D eigenvalue weighted by atomic mass is 9.97. The van der Waals surface area contributed by atoms with E-state index in [4.69, 9.17) is 19.0 Å². The molecule has 21 heavy (non-hydrogen) atoms. The van der Waals surface area contributed by atoms with Crippen molar-refractivity contribution in [3.8, 4) is 0 Å². The average Bonchev–Trinajstić information content (AvgIpc) is 2.75. The molecule has 0 amide bonds. The zero-order valence-electron chi connectivity index (χ0n) is 13.9. The highest BCUT2D eigenvalue weighted by molar-refractivity contribution is 5.75. The molecule has 1 heterocycles. The first-order chi connectivity index (χ1) is 9.57. The van der Waals surface area contributed by atoms with Gasteiger partial charge in [-0.2, -0.15) is 5.48 Å². The molecule has 1 saturated heterocycles. The van der Waals surface area contributed by atoms with E-state index in [0.29, 0.717) is 0 Å². The third kappa shape index (κ3) is 3.23. The fraction of sp³-hybridized carbons (Fsp3) is 0.933. The molecule has 0 unspecified atom stereocenters. The van der Waals surface area contributed by atoms with Gasteiger partial charge in [0.2, 0.25) is 0 Å². The van der Waals surface area contributed by atoms with E-state index in [1.54, 1.807) is 7.11 Å². The number of fused-ring (bicyclic) bond motifs is 1. The maximum Gasteiger partial charge on any atom is 0.311 e. The fourth-order valence-corrected chi connectivity index (χ4v) is 2.94. The third-order valence-corrected chi connectivity index (χ3v) is 4.04. The summed E-state index contributed by atoms with van der Waals surface area (Å²) in [5.74, 6) is -0.887. The van der Waals surface area contributed by atoms with Crippen LogP contribution < -0.4 is 5.48 Å². The molecule has 122 valence electrons. The molecule has 5 atom stereocenters. The van der Waals surface area contributed by atoms with Crippen LogP contribution in [0.25, 0.3) is 0 Å². The van der Waals surface area contributed by atoms with Crippen LogP contribution in [0.4, 0.5) is 0 Å². The lowest BCUT2D eigenvalue weighted by Gasteiger charge is -2.29. The maximum absolute atomic E-state index is 12.2. The van der Waals surface area contributed by atoms with Gasteiger partial charge in [-0.25, -0.2) is 0 Å². The van der Waals surface area contributed by atoms with E-state index in [0.717, 1.165) is 0 Å². The summed E-state index contributed by atoms with van der Waals surface area (Å²) in [7, 11) is 1.57. The average molecular weight is 301 g/mol. The molecule has 0 bridgehead atoms. The number of hydroxylamine groups is 1. The van der Waals surface area contributed by atoms with Crippen molar-refractivity contribution in [1.82, 2.24) is 5.48 Å². The first kappa shape index (κ1) is 16.7. The van der Waals surface area contributed by atoms with Gasteiger partial charge in [-0.15, -0.1) is 0 Å². The Morgan fingerprint density at radius 3 is 2.29 bits per heavy atom. The first-order valence-electron chi connectivity index (χ1n) is 7.42. The molecule has 0 spiro atoms. The van der Waals surface area contributed by atoms with Crippen LogP contribution >= 0.6 is 0 Å². The lowest BCUT2D eigenvalue weighted by molar-refractivity contribution is -0.189. The molecule has 2 rings (SSSR count). The zero-order valence-corrected chi connectivity index (χ0v) is 13.9. The minimum Gasteiger partial charge on any atom is -0.459 e. The SMILES string of the molecule is CON[C@@H]1[C@@H](C)[C@H](OC(=O)C(C)(C)C)[C@H]2OC(C)(C)O[C@@H]12. The number of nitrogens with one attached hydrogen (secondary N) is 1. The monoisotopic (exact) mass is 301 g/mol. The second kappa shape index (κ2) is 5.50. The largest absolute Gasteiger partial charge is 0.459 e. The first-order valence-corrected chi connectivity index (χ1v) is 7.42. The van der Waals surface area contributed by atoms with Crippen LogP contribution in [-0.4, -0.2) is 43.2 Å². The Kier molecular flexibility index (Phi) is 4.37. The zero-order chi connectivity index (χ0) is 16.0. The van der Waals surface area contributed by atoms with Crippen molar-refractivity contribution < 1.29 is 23.8 Å². The van der Waals surface area contributed by atoms with Crippen molar-refractivity contribution in [3.63, 3.8) is 0 Å². The Balaban J connectivity index is 2.18. The van der Waals surface area contributed by atoms with Crippen LogP contribution in [0.5, 0.6) is 0 Å². The van der Waals surface area contributed by atoms with Gasteiger partial charge in [-0.05, 0) is 34.6 Å². The van der Waals surface area contributed by atoms with Gasteiger partial charge in [0.1, 0.15) is 18.3 Å². The van der Waals surface area contributed by atoms with Crippen molar-refractivity contribution in [3.05, 3.63) is 0 Å². The topological polar surface area (TPSA) is 66.0 Å². The van der Waals surface area contributed by atoms with Crippen LogP contribution in [-0.2, 0) is 23.8 Å². The molecule has 2 aliphatic rings. The molecule has 1 saturated carbocycles. The number of carbonyl (C=O) groups is 1. The van der Waals surface area contributed by atoms with Crippen molar-refractivity contribution in [2.45, 2.75) is 71.7 Å². The molecular weight excluding hydrogens is 274 g/mol. The van der Waals surface area contributed by atoms with E-state index in [1.807, 2.05) is 41.5 Å². The van der Waals surface area contributed by atoms with Gasteiger partial charge in [0.15, 0.2) is 5.79 Å². The van der Waals surface area contributed by atoms with Crippen LogP contribution in [0.2, 0.25) is 0 Å². The molecule has 0 aromatic rings. The Morgan fingerprint density at radius 1 is 1.19 bits per heavy atom. The van der Waals surface area contributed by atoms with Crippen molar-refractivity contribution in [1.29, 1.82) is 0 Å². The van der Waals surface area contributed by atoms with Crippen LogP contribution in [0.3, 0.4) is 0 Å². The maximum atomic E-state index is 12.2. The molecule has 6 nitrogen and oxygen atoms in total. The fourth-order valence-electron chi connectivity index (χ4n) is 2.94. The number of hydrogen-bond donors (Lipinski definition) is 1. The molecule has 6 heteroatoms. The van der Waals surface area contributed by atoms with Crippen LogP contribution in [0, 0.1) is 11.3 Å². The summed E-state index contributed by atoms with van der Waals surface area (Å²) >= 11 is 0. The molecule has 0 radical (unpaired) electrons. The van der Waals surface area contributed by atoms with E-state index in [2.05, 4.69) is 5.48 Å². The number of hydrogen-bond acceptors (Lipinski definition) is 6. The predicted octanol–water partition coefficient (Wildman–Crippen LogP) is 1.63. The van der Waals surface area contributed by atoms with Crippen molar-refractivity contribution in [2.75, 3.05) is 7.11 Å². The smallest absolute Gasteiger partial charge is 0.311 e. The highest BCUT2D eigenvalue weighted by atomic mass is 16.8. The number of carbonyl (C=O) groups excluding carboxylic acids is 1. The summed E-state index contributed by atoms with van der Waals surface area (Å²) in [6.07, 6.45) is -0.835. The third-order valence-electron chi connectivity index (χ3n) is 4.04. The van der Waals surface area contributed by atoms with Crippen molar-refractivity contribution in [2.24, 2.45) is 11.3 Å². The van der Waals surface area contributed by atoms with Crippen molar-refractivity contribution >= 4 is 5.97 Å². The molecule has 0 aromatic carbocycles. The Hall–Kier alpha value is -0.690. The highest BCUT2D eigenvalue weighted by Crippen LogP contribution is 2.43. The van der Waals surface area contributed by atoms with E-state index >= 15 is 0 Å². The van der Waals surface area contributed by atoms with E-state index < -0.39 is 11.2 Å². The Morgan fingerprint density at radius 2 is 1.76 bits per heavy atom. The van der Waals surface area contributed by atoms with Crippen LogP contribution in [0.1, 0.15) is 41.5 Å². The summed E-state index contributed by atoms with van der Waals surface area (Å²) in [4.78, 5) is 17.3. The van der Waals surface area contributed by atoms with Gasteiger partial charge in [0.05, 0.1) is 18.6 Å². The van der Waals surface area contributed by atoms with Crippen LogP contribution in [0.15, 0.2) is 0 Å². The van der Waals surface area contributed by atoms with E-state index in [-0.39, 0.29) is 36.2 Å². The summed E-state index contributed by atoms with van der Waals surface area (Å²) in [6.45, 7) is 11.3. The summed E-state index contributed by atoms with van der Waals surface area (Å²) in [5.41, 5.74) is 2.40. The molecule has 1 N–H and O–H groups in total. The quantitative estimate of drug-likeness (QED) is 0.631. The molecular formula is C15H27NO5.